The van der Waals surface area contributed by atoms with Crippen molar-refractivity contribution in [3.63, 3.8) is 0 Å². The lowest BCUT2D eigenvalue weighted by atomic mass is 10.0. The standard InChI is InChI=1S/C15H29N3/c1-8-15-12(5)17-18(14(15)7)13(6)11(4)9-16-10(2)3/h10-11,13,16H,8-9H2,1-7H3. The van der Waals surface area contributed by atoms with E-state index in [1.54, 1.807) is 0 Å². The molecule has 3 heteroatoms. The van der Waals surface area contributed by atoms with Crippen molar-refractivity contribution >= 4 is 0 Å². The molecule has 0 amide bonds. The first-order valence-corrected chi connectivity index (χ1v) is 7.16. The van der Waals surface area contributed by atoms with Gasteiger partial charge in [0, 0.05) is 11.7 Å². The maximum absolute atomic E-state index is 4.72. The third-order valence-corrected chi connectivity index (χ3v) is 3.89. The highest BCUT2D eigenvalue weighted by molar-refractivity contribution is 5.24. The first-order valence-electron chi connectivity index (χ1n) is 7.16. The molecule has 0 radical (unpaired) electrons. The maximum atomic E-state index is 4.72. The highest BCUT2D eigenvalue weighted by Crippen LogP contribution is 2.22. The number of rotatable bonds is 6. The lowest BCUT2D eigenvalue weighted by Gasteiger charge is -2.23. The number of aromatic nitrogens is 2. The molecule has 1 aromatic rings. The molecule has 104 valence electrons. The summed E-state index contributed by atoms with van der Waals surface area (Å²) in [7, 11) is 0. The van der Waals surface area contributed by atoms with Crippen molar-refractivity contribution in [2.24, 2.45) is 5.92 Å². The molecule has 0 saturated carbocycles. The van der Waals surface area contributed by atoms with Crippen LogP contribution in [0.15, 0.2) is 0 Å². The van der Waals surface area contributed by atoms with E-state index in [9.17, 15) is 0 Å². The van der Waals surface area contributed by atoms with E-state index in [0.29, 0.717) is 18.0 Å². The van der Waals surface area contributed by atoms with Crippen LogP contribution in [-0.2, 0) is 6.42 Å². The van der Waals surface area contributed by atoms with Crippen LogP contribution in [0.2, 0.25) is 0 Å². The van der Waals surface area contributed by atoms with Gasteiger partial charge >= 0.3 is 0 Å². The molecule has 0 fully saturated rings. The number of nitrogens with one attached hydrogen (secondary N) is 1. The summed E-state index contributed by atoms with van der Waals surface area (Å²) in [5, 5.41) is 8.23. The summed E-state index contributed by atoms with van der Waals surface area (Å²) in [5.41, 5.74) is 3.93. The molecule has 0 aromatic carbocycles. The zero-order chi connectivity index (χ0) is 13.9. The maximum Gasteiger partial charge on any atom is 0.0628 e. The van der Waals surface area contributed by atoms with Crippen molar-refractivity contribution in [2.75, 3.05) is 6.54 Å². The summed E-state index contributed by atoms with van der Waals surface area (Å²) in [4.78, 5) is 0. The van der Waals surface area contributed by atoms with Gasteiger partial charge in [-0.3, -0.25) is 4.68 Å². The van der Waals surface area contributed by atoms with E-state index >= 15 is 0 Å². The van der Waals surface area contributed by atoms with Crippen molar-refractivity contribution in [2.45, 2.75) is 67.0 Å². The van der Waals surface area contributed by atoms with Crippen LogP contribution in [0.1, 0.15) is 57.6 Å². The topological polar surface area (TPSA) is 29.9 Å². The Hall–Kier alpha value is -0.830. The van der Waals surface area contributed by atoms with E-state index in [1.807, 2.05) is 0 Å². The average molecular weight is 251 g/mol. The van der Waals surface area contributed by atoms with Crippen LogP contribution in [0, 0.1) is 19.8 Å². The second-order valence-electron chi connectivity index (χ2n) is 5.73. The van der Waals surface area contributed by atoms with Gasteiger partial charge in [0.15, 0.2) is 0 Å². The van der Waals surface area contributed by atoms with Gasteiger partial charge in [0.1, 0.15) is 0 Å². The Kier molecular flexibility index (Phi) is 5.39. The first-order chi connectivity index (χ1) is 8.38. The van der Waals surface area contributed by atoms with Crippen LogP contribution < -0.4 is 5.32 Å². The predicted molar refractivity (Wildman–Crippen MR) is 78.1 cm³/mol. The van der Waals surface area contributed by atoms with Gasteiger partial charge in [-0.1, -0.05) is 27.7 Å². The van der Waals surface area contributed by atoms with E-state index in [2.05, 4.69) is 58.5 Å². The van der Waals surface area contributed by atoms with Crippen LogP contribution >= 0.6 is 0 Å². The van der Waals surface area contributed by atoms with Gasteiger partial charge in [-0.15, -0.1) is 0 Å². The largest absolute Gasteiger partial charge is 0.314 e. The Morgan fingerprint density at radius 3 is 2.22 bits per heavy atom. The highest BCUT2D eigenvalue weighted by Gasteiger charge is 2.19. The fourth-order valence-electron chi connectivity index (χ4n) is 2.44. The molecule has 1 heterocycles. The molecule has 18 heavy (non-hydrogen) atoms. The van der Waals surface area contributed by atoms with E-state index in [-0.39, 0.29) is 0 Å². The van der Waals surface area contributed by atoms with Crippen molar-refractivity contribution in [3.05, 3.63) is 17.0 Å². The van der Waals surface area contributed by atoms with Crippen LogP contribution in [0.4, 0.5) is 0 Å². The second kappa shape index (κ2) is 6.37. The molecule has 1 N–H and O–H groups in total. The van der Waals surface area contributed by atoms with E-state index < -0.39 is 0 Å². The van der Waals surface area contributed by atoms with Gasteiger partial charge in [0.2, 0.25) is 0 Å². The summed E-state index contributed by atoms with van der Waals surface area (Å²) < 4.78 is 2.21. The Morgan fingerprint density at radius 1 is 1.17 bits per heavy atom. The second-order valence-corrected chi connectivity index (χ2v) is 5.73. The quantitative estimate of drug-likeness (QED) is 0.841. The minimum absolute atomic E-state index is 0.440. The molecule has 0 aliphatic rings. The van der Waals surface area contributed by atoms with E-state index in [1.165, 1.54) is 17.0 Å². The summed E-state index contributed by atoms with van der Waals surface area (Å²) in [6, 6.07) is 0.988. The number of hydrogen-bond acceptors (Lipinski definition) is 2. The Morgan fingerprint density at radius 2 is 1.78 bits per heavy atom. The molecule has 2 unspecified atom stereocenters. The minimum Gasteiger partial charge on any atom is -0.314 e. The summed E-state index contributed by atoms with van der Waals surface area (Å²) >= 11 is 0. The molecule has 3 nitrogen and oxygen atoms in total. The SMILES string of the molecule is CCc1c(C)nn(C(C)C(C)CNC(C)C)c1C. The van der Waals surface area contributed by atoms with E-state index in [4.69, 9.17) is 5.10 Å². The third-order valence-electron chi connectivity index (χ3n) is 3.89. The molecular weight excluding hydrogens is 222 g/mol. The number of hydrogen-bond donors (Lipinski definition) is 1. The van der Waals surface area contributed by atoms with Gasteiger partial charge in [0.25, 0.3) is 0 Å². The minimum atomic E-state index is 0.440. The van der Waals surface area contributed by atoms with Gasteiger partial charge in [-0.2, -0.15) is 5.10 Å². The molecule has 0 aliphatic carbocycles. The van der Waals surface area contributed by atoms with E-state index in [0.717, 1.165) is 13.0 Å². The van der Waals surface area contributed by atoms with Crippen LogP contribution in [-0.4, -0.2) is 22.4 Å². The van der Waals surface area contributed by atoms with Crippen LogP contribution in [0.5, 0.6) is 0 Å². The smallest absolute Gasteiger partial charge is 0.0628 e. The van der Waals surface area contributed by atoms with Crippen molar-refractivity contribution in [1.82, 2.24) is 15.1 Å². The van der Waals surface area contributed by atoms with Crippen LogP contribution in [0.25, 0.3) is 0 Å². The monoisotopic (exact) mass is 251 g/mol. The summed E-state index contributed by atoms with van der Waals surface area (Å²) in [5.74, 6) is 0.579. The fourth-order valence-corrected chi connectivity index (χ4v) is 2.44. The van der Waals surface area contributed by atoms with Crippen molar-refractivity contribution in [1.29, 1.82) is 0 Å². The van der Waals surface area contributed by atoms with Gasteiger partial charge in [0.05, 0.1) is 11.7 Å². The van der Waals surface area contributed by atoms with Crippen molar-refractivity contribution in [3.8, 4) is 0 Å². The number of nitrogens with zero attached hydrogens (tertiary/aromatic N) is 2. The van der Waals surface area contributed by atoms with Gasteiger partial charge in [-0.25, -0.2) is 0 Å². The summed E-state index contributed by atoms with van der Waals surface area (Å²) in [6.07, 6.45) is 1.07. The molecule has 1 aromatic heterocycles. The molecular formula is C15H29N3. The molecule has 2 atom stereocenters. The zero-order valence-electron chi connectivity index (χ0n) is 13.0. The number of aryl methyl sites for hydroxylation is 1. The Labute approximate surface area is 112 Å². The van der Waals surface area contributed by atoms with Crippen LogP contribution in [0.3, 0.4) is 0 Å². The molecule has 0 spiro atoms. The molecule has 0 saturated heterocycles. The zero-order valence-corrected chi connectivity index (χ0v) is 13.0. The normalized spacial score (nSPS) is 15.1. The molecule has 0 bridgehead atoms. The highest BCUT2D eigenvalue weighted by atomic mass is 15.3. The summed E-state index contributed by atoms with van der Waals surface area (Å²) in [6.45, 7) is 16.5. The van der Waals surface area contributed by atoms with Gasteiger partial charge in [-0.05, 0) is 45.2 Å². The Bertz CT molecular complexity index is 379. The lowest BCUT2D eigenvalue weighted by Crippen LogP contribution is -2.31. The fraction of sp³-hybridized carbons (Fsp3) is 0.800. The predicted octanol–water partition coefficient (Wildman–Crippen LogP) is 3.26. The average Bonchev–Trinajstić information content (AvgIpc) is 2.60. The molecule has 1 rings (SSSR count). The first kappa shape index (κ1) is 15.2. The lowest BCUT2D eigenvalue weighted by molar-refractivity contribution is 0.324. The Balaban J connectivity index is 2.80. The van der Waals surface area contributed by atoms with Gasteiger partial charge < -0.3 is 5.32 Å². The van der Waals surface area contributed by atoms with Crippen molar-refractivity contribution < 1.29 is 0 Å². The third kappa shape index (κ3) is 3.35. The molecule has 0 aliphatic heterocycles.